The Balaban J connectivity index is 2.34. The lowest BCUT2D eigenvalue weighted by Gasteiger charge is -2.06. The number of hydrazone groups is 1. The van der Waals surface area contributed by atoms with Crippen LogP contribution in [0.2, 0.25) is 0 Å². The van der Waals surface area contributed by atoms with Gasteiger partial charge < -0.3 is 4.74 Å². The molecule has 5 heteroatoms. The van der Waals surface area contributed by atoms with Crippen molar-refractivity contribution >= 4 is 27.5 Å². The molecule has 19 heavy (non-hydrogen) atoms. The smallest absolute Gasteiger partial charge is 0.277 e. The molecule has 0 saturated heterocycles. The Bertz CT molecular complexity index is 441. The molecule has 1 amide bonds. The van der Waals surface area contributed by atoms with Gasteiger partial charge in [-0.15, -0.1) is 0 Å². The molecule has 0 aliphatic rings. The van der Waals surface area contributed by atoms with E-state index in [0.29, 0.717) is 11.7 Å². The maximum atomic E-state index is 11.5. The van der Waals surface area contributed by atoms with Crippen LogP contribution in [0.25, 0.3) is 0 Å². The molecule has 4 nitrogen and oxygen atoms in total. The Hall–Kier alpha value is -1.36. The topological polar surface area (TPSA) is 50.7 Å². The number of amides is 1. The fraction of sp³-hybridized carbons (Fsp3) is 0.429. The van der Waals surface area contributed by atoms with Crippen molar-refractivity contribution in [2.75, 3.05) is 6.61 Å². The number of carbonyl (C=O) groups is 1. The van der Waals surface area contributed by atoms with Gasteiger partial charge in [-0.25, -0.2) is 5.43 Å². The fourth-order valence-electron chi connectivity index (χ4n) is 1.51. The molecule has 104 valence electrons. The van der Waals surface area contributed by atoms with Gasteiger partial charge in [-0.1, -0.05) is 29.8 Å². The quantitative estimate of drug-likeness (QED) is 0.643. The SMILES string of the molecule is CC(CC(C)C)=NNC(=O)COc1ccc(Br)cc1. The first-order chi connectivity index (χ1) is 8.97. The first kappa shape index (κ1) is 15.7. The highest BCUT2D eigenvalue weighted by Gasteiger charge is 2.03. The summed E-state index contributed by atoms with van der Waals surface area (Å²) in [5.41, 5.74) is 3.39. The number of hydrogen-bond donors (Lipinski definition) is 1. The second-order valence-corrected chi connectivity index (χ2v) is 5.64. The molecule has 1 N–H and O–H groups in total. The van der Waals surface area contributed by atoms with Crippen molar-refractivity contribution in [2.45, 2.75) is 27.2 Å². The lowest BCUT2D eigenvalue weighted by molar-refractivity contribution is -0.123. The van der Waals surface area contributed by atoms with Gasteiger partial charge in [0.2, 0.25) is 0 Å². The third kappa shape index (κ3) is 6.96. The molecule has 0 radical (unpaired) electrons. The summed E-state index contributed by atoms with van der Waals surface area (Å²) in [5.74, 6) is 0.923. The molecule has 0 bridgehead atoms. The highest BCUT2D eigenvalue weighted by molar-refractivity contribution is 9.10. The van der Waals surface area contributed by atoms with E-state index in [1.54, 1.807) is 12.1 Å². The summed E-state index contributed by atoms with van der Waals surface area (Å²) in [6.07, 6.45) is 0.869. The molecule has 0 fully saturated rings. The van der Waals surface area contributed by atoms with Crippen molar-refractivity contribution in [3.63, 3.8) is 0 Å². The average molecular weight is 327 g/mol. The van der Waals surface area contributed by atoms with Crippen LogP contribution in [0, 0.1) is 5.92 Å². The maximum absolute atomic E-state index is 11.5. The van der Waals surface area contributed by atoms with Crippen molar-refractivity contribution in [2.24, 2.45) is 11.0 Å². The van der Waals surface area contributed by atoms with E-state index in [1.807, 2.05) is 19.1 Å². The molecule has 0 atom stereocenters. The lowest BCUT2D eigenvalue weighted by Crippen LogP contribution is -2.25. The van der Waals surface area contributed by atoms with Crippen LogP contribution in [0.5, 0.6) is 5.75 Å². The van der Waals surface area contributed by atoms with E-state index < -0.39 is 0 Å². The molecule has 0 aliphatic heterocycles. The van der Waals surface area contributed by atoms with Crippen LogP contribution in [0.1, 0.15) is 27.2 Å². The van der Waals surface area contributed by atoms with Crippen LogP contribution in [-0.2, 0) is 4.79 Å². The Morgan fingerprint density at radius 3 is 2.58 bits per heavy atom. The summed E-state index contributed by atoms with van der Waals surface area (Å²) in [4.78, 5) is 11.5. The van der Waals surface area contributed by atoms with Crippen LogP contribution in [0.3, 0.4) is 0 Å². The summed E-state index contributed by atoms with van der Waals surface area (Å²) in [7, 11) is 0. The fourth-order valence-corrected chi connectivity index (χ4v) is 1.77. The Kier molecular flexibility index (Phi) is 6.56. The molecule has 0 heterocycles. The number of rotatable bonds is 6. The Morgan fingerprint density at radius 1 is 1.37 bits per heavy atom. The molecule has 0 aromatic heterocycles. The van der Waals surface area contributed by atoms with E-state index in [9.17, 15) is 4.79 Å². The Morgan fingerprint density at radius 2 is 2.00 bits per heavy atom. The van der Waals surface area contributed by atoms with E-state index in [2.05, 4.69) is 40.3 Å². The van der Waals surface area contributed by atoms with Crippen LogP contribution in [-0.4, -0.2) is 18.2 Å². The van der Waals surface area contributed by atoms with Gasteiger partial charge in [0, 0.05) is 10.2 Å². The number of halogens is 1. The summed E-state index contributed by atoms with van der Waals surface area (Å²) < 4.78 is 6.30. The van der Waals surface area contributed by atoms with E-state index in [0.717, 1.165) is 16.6 Å². The third-order valence-corrected chi connectivity index (χ3v) is 2.79. The second-order valence-electron chi connectivity index (χ2n) is 4.72. The number of hydrogen-bond acceptors (Lipinski definition) is 3. The Labute approximate surface area is 122 Å². The first-order valence-corrected chi connectivity index (χ1v) is 6.97. The highest BCUT2D eigenvalue weighted by Crippen LogP contribution is 2.15. The zero-order valence-electron chi connectivity index (χ0n) is 11.4. The normalized spacial score (nSPS) is 11.5. The monoisotopic (exact) mass is 326 g/mol. The molecule has 1 rings (SSSR count). The number of nitrogens with one attached hydrogen (secondary N) is 1. The van der Waals surface area contributed by atoms with E-state index in [-0.39, 0.29) is 12.5 Å². The number of benzene rings is 1. The van der Waals surface area contributed by atoms with Crippen LogP contribution < -0.4 is 10.2 Å². The number of carbonyl (C=O) groups excluding carboxylic acids is 1. The van der Waals surface area contributed by atoms with Gasteiger partial charge in [-0.2, -0.15) is 5.10 Å². The van der Waals surface area contributed by atoms with E-state index >= 15 is 0 Å². The van der Waals surface area contributed by atoms with Crippen molar-refractivity contribution in [3.8, 4) is 5.75 Å². The number of ether oxygens (including phenoxy) is 1. The first-order valence-electron chi connectivity index (χ1n) is 6.17. The maximum Gasteiger partial charge on any atom is 0.277 e. The van der Waals surface area contributed by atoms with Crippen LogP contribution in [0.4, 0.5) is 0 Å². The van der Waals surface area contributed by atoms with E-state index in [4.69, 9.17) is 4.74 Å². The predicted octanol–water partition coefficient (Wildman–Crippen LogP) is 3.37. The van der Waals surface area contributed by atoms with Gasteiger partial charge in [0.1, 0.15) is 5.75 Å². The van der Waals surface area contributed by atoms with Gasteiger partial charge in [-0.3, -0.25) is 4.79 Å². The van der Waals surface area contributed by atoms with Gasteiger partial charge in [0.25, 0.3) is 5.91 Å². The molecule has 1 aromatic carbocycles. The van der Waals surface area contributed by atoms with Crippen molar-refractivity contribution in [3.05, 3.63) is 28.7 Å². The number of nitrogens with zero attached hydrogens (tertiary/aromatic N) is 1. The minimum absolute atomic E-state index is 0.0416. The molecule has 0 unspecified atom stereocenters. The summed E-state index contributed by atoms with van der Waals surface area (Å²) in [6.45, 7) is 6.07. The van der Waals surface area contributed by atoms with Crippen molar-refractivity contribution < 1.29 is 9.53 Å². The molecule has 0 saturated carbocycles. The third-order valence-electron chi connectivity index (χ3n) is 2.26. The predicted molar refractivity (Wildman–Crippen MR) is 80.3 cm³/mol. The summed E-state index contributed by atoms with van der Waals surface area (Å²) in [6, 6.07) is 7.31. The van der Waals surface area contributed by atoms with Crippen LogP contribution >= 0.6 is 15.9 Å². The van der Waals surface area contributed by atoms with E-state index in [1.165, 1.54) is 0 Å². The zero-order valence-corrected chi connectivity index (χ0v) is 13.0. The largest absolute Gasteiger partial charge is 0.484 e. The summed E-state index contributed by atoms with van der Waals surface area (Å²) >= 11 is 3.33. The zero-order chi connectivity index (χ0) is 14.3. The van der Waals surface area contributed by atoms with Gasteiger partial charge in [0.05, 0.1) is 0 Å². The van der Waals surface area contributed by atoms with Crippen molar-refractivity contribution in [1.29, 1.82) is 0 Å². The molecular formula is C14H19BrN2O2. The lowest BCUT2D eigenvalue weighted by atomic mass is 10.1. The van der Waals surface area contributed by atoms with Gasteiger partial charge in [0.15, 0.2) is 6.61 Å². The average Bonchev–Trinajstić information content (AvgIpc) is 2.35. The van der Waals surface area contributed by atoms with Gasteiger partial charge >= 0.3 is 0 Å². The van der Waals surface area contributed by atoms with Crippen LogP contribution in [0.15, 0.2) is 33.8 Å². The molecule has 0 spiro atoms. The second kappa shape index (κ2) is 7.94. The molecule has 1 aromatic rings. The minimum atomic E-state index is -0.258. The standard InChI is InChI=1S/C14H19BrN2O2/c1-10(2)8-11(3)16-17-14(18)9-19-13-6-4-12(15)5-7-13/h4-7,10H,8-9H2,1-3H3,(H,17,18). The molecule has 0 aliphatic carbocycles. The van der Waals surface area contributed by atoms with Crippen molar-refractivity contribution in [1.82, 2.24) is 5.43 Å². The highest BCUT2D eigenvalue weighted by atomic mass is 79.9. The molecular weight excluding hydrogens is 308 g/mol. The van der Waals surface area contributed by atoms with Gasteiger partial charge in [-0.05, 0) is 43.5 Å². The minimum Gasteiger partial charge on any atom is -0.484 e. The summed E-state index contributed by atoms with van der Waals surface area (Å²) in [5, 5.41) is 4.02.